The lowest BCUT2D eigenvalue weighted by molar-refractivity contribution is -0.130. The van der Waals surface area contributed by atoms with Gasteiger partial charge in [0.15, 0.2) is 0 Å². The van der Waals surface area contributed by atoms with Gasteiger partial charge in [-0.3, -0.25) is 4.79 Å². The normalized spacial score (nSPS) is 23.9. The Hall–Kier alpha value is -1.26. The van der Waals surface area contributed by atoms with Crippen molar-refractivity contribution in [3.63, 3.8) is 0 Å². The lowest BCUT2D eigenvalue weighted by Gasteiger charge is -2.24. The minimum absolute atomic E-state index is 0.00735. The van der Waals surface area contributed by atoms with Gasteiger partial charge in [-0.05, 0) is 40.0 Å². The Labute approximate surface area is 115 Å². The number of hydrogen-bond acceptors (Lipinski definition) is 3. The maximum Gasteiger partial charge on any atom is 0.408 e. The molecule has 0 saturated carbocycles. The summed E-state index contributed by atoms with van der Waals surface area (Å²) in [7, 11) is 0. The fraction of sp³-hybridized carbons (Fsp3) is 0.857. The van der Waals surface area contributed by atoms with Crippen LogP contribution in [-0.4, -0.2) is 41.1 Å². The van der Waals surface area contributed by atoms with E-state index in [9.17, 15) is 9.59 Å². The van der Waals surface area contributed by atoms with Gasteiger partial charge in [0.05, 0.1) is 0 Å². The molecule has 1 saturated heterocycles. The number of likely N-dealkylation sites (tertiary alicyclic amines) is 1. The van der Waals surface area contributed by atoms with Crippen LogP contribution in [0.25, 0.3) is 0 Å². The molecule has 1 rings (SSSR count). The maximum absolute atomic E-state index is 12.2. The average Bonchev–Trinajstić information content (AvgIpc) is 2.42. The van der Waals surface area contributed by atoms with Gasteiger partial charge in [0, 0.05) is 12.6 Å². The molecule has 1 aliphatic heterocycles. The second-order valence-electron chi connectivity index (χ2n) is 6.67. The van der Waals surface area contributed by atoms with Crippen LogP contribution in [-0.2, 0) is 9.53 Å². The van der Waals surface area contributed by atoms with Crippen LogP contribution >= 0.6 is 0 Å². The number of rotatable bonds is 3. The van der Waals surface area contributed by atoms with E-state index in [-0.39, 0.29) is 11.9 Å². The molecule has 0 bridgehead atoms. The van der Waals surface area contributed by atoms with Crippen molar-refractivity contribution in [2.75, 3.05) is 6.54 Å². The average molecular weight is 270 g/mol. The summed E-state index contributed by atoms with van der Waals surface area (Å²) < 4.78 is 5.18. The number of amides is 2. The number of carbonyl (C=O) groups excluding carboxylic acids is 2. The van der Waals surface area contributed by atoms with Crippen molar-refractivity contribution in [2.45, 2.75) is 65.6 Å². The Bertz CT molecular complexity index is 347. The first-order valence-electron chi connectivity index (χ1n) is 6.90. The highest BCUT2D eigenvalue weighted by atomic mass is 16.6. The molecule has 1 unspecified atom stereocenters. The van der Waals surface area contributed by atoms with Crippen LogP contribution in [0.4, 0.5) is 4.79 Å². The molecule has 19 heavy (non-hydrogen) atoms. The summed E-state index contributed by atoms with van der Waals surface area (Å²) in [6.45, 7) is 12.3. The molecule has 2 amide bonds. The topological polar surface area (TPSA) is 58.6 Å². The molecule has 0 aromatic rings. The van der Waals surface area contributed by atoms with E-state index in [1.807, 2.05) is 11.8 Å². The van der Waals surface area contributed by atoms with Crippen LogP contribution in [0.15, 0.2) is 0 Å². The van der Waals surface area contributed by atoms with Gasteiger partial charge in [-0.15, -0.1) is 0 Å². The summed E-state index contributed by atoms with van der Waals surface area (Å²) in [6.07, 6.45) is 0.120. The maximum atomic E-state index is 12.2. The quantitative estimate of drug-likeness (QED) is 0.855. The van der Waals surface area contributed by atoms with E-state index in [0.29, 0.717) is 12.3 Å². The van der Waals surface area contributed by atoms with E-state index in [0.717, 1.165) is 6.54 Å². The monoisotopic (exact) mass is 270 g/mol. The predicted octanol–water partition coefficient (Wildman–Crippen LogP) is 2.16. The summed E-state index contributed by atoms with van der Waals surface area (Å²) >= 11 is 0. The lowest BCUT2D eigenvalue weighted by atomic mass is 10.2. The number of ether oxygens (including phenoxy) is 1. The molecular weight excluding hydrogens is 244 g/mol. The van der Waals surface area contributed by atoms with Gasteiger partial charge in [0.1, 0.15) is 11.6 Å². The molecule has 110 valence electrons. The van der Waals surface area contributed by atoms with Gasteiger partial charge in [-0.1, -0.05) is 13.8 Å². The summed E-state index contributed by atoms with van der Waals surface area (Å²) in [6, 6.07) is -0.293. The molecular formula is C14H26N2O3. The number of alkyl carbamates (subject to hydrolysis) is 1. The molecule has 0 aliphatic carbocycles. The van der Waals surface area contributed by atoms with E-state index in [1.165, 1.54) is 0 Å². The lowest BCUT2D eigenvalue weighted by Crippen LogP contribution is -2.44. The summed E-state index contributed by atoms with van der Waals surface area (Å²) in [5, 5.41) is 2.67. The highest BCUT2D eigenvalue weighted by Crippen LogP contribution is 2.20. The molecule has 0 spiro atoms. The van der Waals surface area contributed by atoms with Gasteiger partial charge in [-0.2, -0.15) is 0 Å². The van der Waals surface area contributed by atoms with Crippen molar-refractivity contribution < 1.29 is 14.3 Å². The SMILES string of the molecule is CC(C)CN1C(=O)[C@@H](NC(=O)OC(C)(C)C)CC1C. The van der Waals surface area contributed by atoms with Crippen molar-refractivity contribution in [1.29, 1.82) is 0 Å². The second kappa shape index (κ2) is 5.80. The van der Waals surface area contributed by atoms with Gasteiger partial charge >= 0.3 is 6.09 Å². The summed E-state index contributed by atoms with van der Waals surface area (Å²) in [4.78, 5) is 25.7. The van der Waals surface area contributed by atoms with Gasteiger partial charge in [-0.25, -0.2) is 4.79 Å². The molecule has 0 aromatic heterocycles. The number of hydrogen-bond donors (Lipinski definition) is 1. The van der Waals surface area contributed by atoms with Crippen molar-refractivity contribution in [3.05, 3.63) is 0 Å². The van der Waals surface area contributed by atoms with Crippen molar-refractivity contribution in [1.82, 2.24) is 10.2 Å². The van der Waals surface area contributed by atoms with E-state index in [4.69, 9.17) is 4.74 Å². The van der Waals surface area contributed by atoms with Gasteiger partial charge < -0.3 is 15.0 Å². The molecule has 1 fully saturated rings. The van der Waals surface area contributed by atoms with Crippen LogP contribution in [0.1, 0.15) is 48.0 Å². The number of nitrogens with one attached hydrogen (secondary N) is 1. The highest BCUT2D eigenvalue weighted by Gasteiger charge is 2.38. The number of nitrogens with zero attached hydrogens (tertiary/aromatic N) is 1. The molecule has 0 aromatic carbocycles. The minimum atomic E-state index is -0.547. The molecule has 1 aliphatic rings. The first kappa shape index (κ1) is 15.8. The highest BCUT2D eigenvalue weighted by molar-refractivity contribution is 5.88. The van der Waals surface area contributed by atoms with E-state index < -0.39 is 17.7 Å². The van der Waals surface area contributed by atoms with Crippen molar-refractivity contribution >= 4 is 12.0 Å². The third-order valence-corrected chi connectivity index (χ3v) is 2.94. The van der Waals surface area contributed by atoms with Crippen LogP contribution in [0.3, 0.4) is 0 Å². The minimum Gasteiger partial charge on any atom is -0.444 e. The molecule has 5 heteroatoms. The Morgan fingerprint density at radius 2 is 2.05 bits per heavy atom. The fourth-order valence-corrected chi connectivity index (χ4v) is 2.22. The number of carbonyl (C=O) groups is 2. The van der Waals surface area contributed by atoms with E-state index in [1.54, 1.807) is 20.8 Å². The zero-order valence-corrected chi connectivity index (χ0v) is 12.8. The fourth-order valence-electron chi connectivity index (χ4n) is 2.22. The standard InChI is InChI=1S/C14H26N2O3/c1-9(2)8-16-10(3)7-11(12(16)17)15-13(18)19-14(4,5)6/h9-11H,7-8H2,1-6H3,(H,15,18)/t10?,11-/m0/s1. The first-order valence-corrected chi connectivity index (χ1v) is 6.90. The van der Waals surface area contributed by atoms with Gasteiger partial charge in [0.2, 0.25) is 5.91 Å². The van der Waals surface area contributed by atoms with E-state index >= 15 is 0 Å². The Kier molecular flexibility index (Phi) is 4.82. The van der Waals surface area contributed by atoms with Crippen LogP contribution < -0.4 is 5.32 Å². The van der Waals surface area contributed by atoms with Gasteiger partial charge in [0.25, 0.3) is 0 Å². The molecule has 5 nitrogen and oxygen atoms in total. The van der Waals surface area contributed by atoms with Crippen molar-refractivity contribution in [2.24, 2.45) is 5.92 Å². The van der Waals surface area contributed by atoms with Crippen LogP contribution in [0.5, 0.6) is 0 Å². The van der Waals surface area contributed by atoms with Crippen LogP contribution in [0.2, 0.25) is 0 Å². The second-order valence-corrected chi connectivity index (χ2v) is 6.67. The third kappa shape index (κ3) is 4.73. The Balaban J connectivity index is 2.57. The van der Waals surface area contributed by atoms with E-state index in [2.05, 4.69) is 19.2 Å². The molecule has 1 N–H and O–H groups in total. The van der Waals surface area contributed by atoms with Crippen molar-refractivity contribution in [3.8, 4) is 0 Å². The molecule has 1 heterocycles. The zero-order valence-electron chi connectivity index (χ0n) is 12.8. The third-order valence-electron chi connectivity index (χ3n) is 2.94. The Morgan fingerprint density at radius 3 is 2.53 bits per heavy atom. The van der Waals surface area contributed by atoms with Crippen LogP contribution in [0, 0.1) is 5.92 Å². The Morgan fingerprint density at radius 1 is 1.47 bits per heavy atom. The predicted molar refractivity (Wildman–Crippen MR) is 73.8 cm³/mol. The zero-order chi connectivity index (χ0) is 14.8. The molecule has 2 atom stereocenters. The summed E-state index contributed by atoms with van der Waals surface area (Å²) in [5.74, 6) is 0.415. The largest absolute Gasteiger partial charge is 0.444 e. The smallest absolute Gasteiger partial charge is 0.408 e. The summed E-state index contributed by atoms with van der Waals surface area (Å²) in [5.41, 5.74) is -0.547. The first-order chi connectivity index (χ1) is 8.60. The molecule has 0 radical (unpaired) electrons.